The molecular formula is C12H19N3O. The van der Waals surface area contributed by atoms with Crippen molar-refractivity contribution in [1.29, 1.82) is 0 Å². The molecule has 0 bridgehead atoms. The van der Waals surface area contributed by atoms with Gasteiger partial charge >= 0.3 is 0 Å². The predicted octanol–water partition coefficient (Wildman–Crippen LogP) is 1.60. The monoisotopic (exact) mass is 221 g/mol. The lowest BCUT2D eigenvalue weighted by molar-refractivity contribution is 0.0798. The van der Waals surface area contributed by atoms with Gasteiger partial charge in [-0.2, -0.15) is 5.10 Å². The summed E-state index contributed by atoms with van der Waals surface area (Å²) >= 11 is 0. The van der Waals surface area contributed by atoms with Gasteiger partial charge in [-0.25, -0.2) is 0 Å². The molecule has 1 heterocycles. The van der Waals surface area contributed by atoms with Crippen LogP contribution in [0.1, 0.15) is 43.1 Å². The lowest BCUT2D eigenvalue weighted by atomic mass is 9.80. The summed E-state index contributed by atoms with van der Waals surface area (Å²) in [5.74, 6) is 0.187. The number of carbonyl (C=O) groups is 1. The topological polar surface area (TPSA) is 60.9 Å². The molecule has 1 fully saturated rings. The second-order valence-electron chi connectivity index (χ2n) is 4.55. The predicted molar refractivity (Wildman–Crippen MR) is 62.2 cm³/mol. The van der Waals surface area contributed by atoms with E-state index >= 15 is 0 Å². The number of aryl methyl sites for hydroxylation is 1. The van der Waals surface area contributed by atoms with Gasteiger partial charge in [0.1, 0.15) is 5.69 Å². The highest BCUT2D eigenvalue weighted by molar-refractivity contribution is 5.99. The fraction of sp³-hybridized carbons (Fsp3) is 0.667. The standard InChI is InChI=1S/C12H19N3O/c1-2-15-10(5-8-14-15)11(16)12(9-13)6-3-4-7-12/h5,8H,2-4,6-7,9,13H2,1H3. The van der Waals surface area contributed by atoms with E-state index in [1.807, 2.05) is 13.0 Å². The van der Waals surface area contributed by atoms with Gasteiger partial charge in [-0.15, -0.1) is 0 Å². The largest absolute Gasteiger partial charge is 0.329 e. The molecule has 0 unspecified atom stereocenters. The summed E-state index contributed by atoms with van der Waals surface area (Å²) in [6.45, 7) is 3.18. The first-order valence-electron chi connectivity index (χ1n) is 6.00. The van der Waals surface area contributed by atoms with E-state index in [2.05, 4.69) is 5.10 Å². The SMILES string of the molecule is CCn1nccc1C(=O)C1(CN)CCCC1. The van der Waals surface area contributed by atoms with E-state index in [-0.39, 0.29) is 11.2 Å². The molecule has 0 saturated heterocycles. The Hall–Kier alpha value is -1.16. The van der Waals surface area contributed by atoms with E-state index in [0.717, 1.165) is 37.9 Å². The number of hydrogen-bond acceptors (Lipinski definition) is 3. The van der Waals surface area contributed by atoms with Gasteiger partial charge in [0.15, 0.2) is 5.78 Å². The van der Waals surface area contributed by atoms with Crippen LogP contribution in [0.4, 0.5) is 0 Å². The zero-order chi connectivity index (χ0) is 11.6. The first-order valence-corrected chi connectivity index (χ1v) is 6.00. The zero-order valence-electron chi connectivity index (χ0n) is 9.78. The summed E-state index contributed by atoms with van der Waals surface area (Å²) in [4.78, 5) is 12.5. The van der Waals surface area contributed by atoms with E-state index < -0.39 is 0 Å². The van der Waals surface area contributed by atoms with E-state index in [1.54, 1.807) is 10.9 Å². The van der Waals surface area contributed by atoms with Crippen molar-refractivity contribution in [3.63, 3.8) is 0 Å². The fourth-order valence-electron chi connectivity index (χ4n) is 2.62. The van der Waals surface area contributed by atoms with Crippen molar-refractivity contribution in [2.24, 2.45) is 11.1 Å². The van der Waals surface area contributed by atoms with Crippen LogP contribution in [-0.4, -0.2) is 22.1 Å². The number of ketones is 1. The zero-order valence-corrected chi connectivity index (χ0v) is 9.78. The third kappa shape index (κ3) is 1.67. The molecule has 0 aliphatic heterocycles. The third-order valence-corrected chi connectivity index (χ3v) is 3.68. The summed E-state index contributed by atoms with van der Waals surface area (Å²) in [6.07, 6.45) is 5.77. The summed E-state index contributed by atoms with van der Waals surface area (Å²) in [7, 11) is 0. The highest BCUT2D eigenvalue weighted by Gasteiger charge is 2.41. The Labute approximate surface area is 95.8 Å². The fourth-order valence-corrected chi connectivity index (χ4v) is 2.62. The third-order valence-electron chi connectivity index (χ3n) is 3.68. The molecule has 0 aromatic carbocycles. The molecule has 1 aromatic heterocycles. The van der Waals surface area contributed by atoms with Crippen molar-refractivity contribution in [3.05, 3.63) is 18.0 Å². The van der Waals surface area contributed by atoms with Crippen LogP contribution in [0, 0.1) is 5.41 Å². The number of nitrogens with zero attached hydrogens (tertiary/aromatic N) is 2. The molecule has 2 rings (SSSR count). The van der Waals surface area contributed by atoms with Gasteiger partial charge in [-0.1, -0.05) is 12.8 Å². The maximum atomic E-state index is 12.5. The summed E-state index contributed by atoms with van der Waals surface area (Å²) in [5.41, 5.74) is 6.22. The second-order valence-corrected chi connectivity index (χ2v) is 4.55. The van der Waals surface area contributed by atoms with E-state index in [4.69, 9.17) is 5.73 Å². The average molecular weight is 221 g/mol. The number of nitrogens with two attached hydrogens (primary N) is 1. The Morgan fingerprint density at radius 1 is 1.56 bits per heavy atom. The Balaban J connectivity index is 2.30. The Bertz CT molecular complexity index is 377. The molecule has 0 amide bonds. The van der Waals surface area contributed by atoms with Gasteiger partial charge in [-0.05, 0) is 25.8 Å². The lowest BCUT2D eigenvalue weighted by Gasteiger charge is -2.25. The van der Waals surface area contributed by atoms with Crippen molar-refractivity contribution in [3.8, 4) is 0 Å². The smallest absolute Gasteiger partial charge is 0.188 e. The highest BCUT2D eigenvalue weighted by atomic mass is 16.1. The minimum atomic E-state index is -0.313. The molecule has 1 saturated carbocycles. The molecular weight excluding hydrogens is 202 g/mol. The molecule has 0 radical (unpaired) electrons. The van der Waals surface area contributed by atoms with Crippen LogP contribution < -0.4 is 5.73 Å². The van der Waals surface area contributed by atoms with E-state index in [1.165, 1.54) is 0 Å². The van der Waals surface area contributed by atoms with Crippen molar-refractivity contribution in [2.45, 2.75) is 39.2 Å². The molecule has 16 heavy (non-hydrogen) atoms. The number of Topliss-reactive ketones (excluding diaryl/α,β-unsaturated/α-hetero) is 1. The summed E-state index contributed by atoms with van der Waals surface area (Å²) in [6, 6.07) is 1.81. The molecule has 88 valence electrons. The number of aromatic nitrogens is 2. The van der Waals surface area contributed by atoms with Crippen molar-refractivity contribution >= 4 is 5.78 Å². The van der Waals surface area contributed by atoms with Crippen LogP contribution in [0.5, 0.6) is 0 Å². The Morgan fingerprint density at radius 2 is 2.25 bits per heavy atom. The van der Waals surface area contributed by atoms with Crippen molar-refractivity contribution < 1.29 is 4.79 Å². The lowest BCUT2D eigenvalue weighted by Crippen LogP contribution is -2.37. The van der Waals surface area contributed by atoms with Crippen LogP contribution in [0.3, 0.4) is 0 Å². The van der Waals surface area contributed by atoms with Crippen LogP contribution in [0.2, 0.25) is 0 Å². The molecule has 1 aliphatic carbocycles. The number of hydrogen-bond donors (Lipinski definition) is 1. The van der Waals surface area contributed by atoms with Gasteiger partial charge in [0.25, 0.3) is 0 Å². The maximum Gasteiger partial charge on any atom is 0.188 e. The molecule has 0 spiro atoms. The van der Waals surface area contributed by atoms with Gasteiger partial charge < -0.3 is 5.73 Å². The van der Waals surface area contributed by atoms with Crippen LogP contribution >= 0.6 is 0 Å². The molecule has 4 heteroatoms. The molecule has 2 N–H and O–H groups in total. The Kier molecular flexibility index (Phi) is 3.10. The van der Waals surface area contributed by atoms with Crippen LogP contribution in [0.25, 0.3) is 0 Å². The quantitative estimate of drug-likeness (QED) is 0.786. The maximum absolute atomic E-state index is 12.5. The van der Waals surface area contributed by atoms with Gasteiger partial charge in [0, 0.05) is 24.7 Å². The highest BCUT2D eigenvalue weighted by Crippen LogP contribution is 2.39. The molecule has 1 aromatic rings. The first-order chi connectivity index (χ1) is 7.73. The summed E-state index contributed by atoms with van der Waals surface area (Å²) in [5, 5.41) is 4.15. The minimum absolute atomic E-state index is 0.187. The van der Waals surface area contributed by atoms with Gasteiger partial charge in [-0.3, -0.25) is 9.48 Å². The van der Waals surface area contributed by atoms with E-state index in [9.17, 15) is 4.79 Å². The second kappa shape index (κ2) is 4.37. The number of carbonyl (C=O) groups excluding carboxylic acids is 1. The summed E-state index contributed by atoms with van der Waals surface area (Å²) < 4.78 is 1.76. The van der Waals surface area contributed by atoms with Crippen LogP contribution in [0.15, 0.2) is 12.3 Å². The molecule has 0 atom stereocenters. The first kappa shape index (κ1) is 11.3. The van der Waals surface area contributed by atoms with Crippen molar-refractivity contribution in [2.75, 3.05) is 6.54 Å². The van der Waals surface area contributed by atoms with Gasteiger partial charge in [0.05, 0.1) is 0 Å². The Morgan fingerprint density at radius 3 is 2.81 bits per heavy atom. The van der Waals surface area contributed by atoms with Gasteiger partial charge in [0.2, 0.25) is 0 Å². The average Bonchev–Trinajstić information content (AvgIpc) is 2.97. The minimum Gasteiger partial charge on any atom is -0.329 e. The number of rotatable bonds is 4. The van der Waals surface area contributed by atoms with E-state index in [0.29, 0.717) is 6.54 Å². The molecule has 4 nitrogen and oxygen atoms in total. The van der Waals surface area contributed by atoms with Crippen molar-refractivity contribution in [1.82, 2.24) is 9.78 Å². The molecule has 1 aliphatic rings. The normalized spacial score (nSPS) is 18.9. The van der Waals surface area contributed by atoms with Crippen LogP contribution in [-0.2, 0) is 6.54 Å².